The molecule has 1 heterocycles. The van der Waals surface area contributed by atoms with E-state index in [2.05, 4.69) is 42.8 Å². The highest BCUT2D eigenvalue weighted by Gasteiger charge is 2.36. The molecule has 0 atom stereocenters. The van der Waals surface area contributed by atoms with Crippen molar-refractivity contribution in [2.75, 3.05) is 5.75 Å². The molecule has 5 rings (SSSR count). The van der Waals surface area contributed by atoms with Crippen molar-refractivity contribution in [1.82, 2.24) is 14.8 Å². The predicted octanol–water partition coefficient (Wildman–Crippen LogP) is 5.89. The van der Waals surface area contributed by atoms with Gasteiger partial charge in [0.1, 0.15) is 5.82 Å². The van der Waals surface area contributed by atoms with Crippen molar-refractivity contribution in [2.45, 2.75) is 42.8 Å². The van der Waals surface area contributed by atoms with E-state index in [1.807, 2.05) is 36.4 Å². The zero-order chi connectivity index (χ0) is 19.1. The van der Waals surface area contributed by atoms with E-state index in [9.17, 15) is 4.79 Å². The van der Waals surface area contributed by atoms with Crippen molar-refractivity contribution in [3.05, 3.63) is 64.4 Å². The third kappa shape index (κ3) is 3.80. The van der Waals surface area contributed by atoms with Gasteiger partial charge in [-0.15, -0.1) is 10.2 Å². The quantitative estimate of drug-likeness (QED) is 0.330. The van der Waals surface area contributed by atoms with Gasteiger partial charge in [-0.3, -0.25) is 4.79 Å². The number of hydrogen-bond acceptors (Lipinski definition) is 4. The Hall–Kier alpha value is -1.92. The van der Waals surface area contributed by atoms with E-state index in [0.717, 1.165) is 32.1 Å². The molecule has 0 N–H and O–H groups in total. The first-order valence-electron chi connectivity index (χ1n) is 9.66. The van der Waals surface area contributed by atoms with Gasteiger partial charge in [-0.2, -0.15) is 0 Å². The van der Waals surface area contributed by atoms with Crippen molar-refractivity contribution >= 4 is 33.5 Å². The molecule has 6 heteroatoms. The van der Waals surface area contributed by atoms with Gasteiger partial charge < -0.3 is 4.57 Å². The molecule has 0 saturated heterocycles. The van der Waals surface area contributed by atoms with Gasteiger partial charge >= 0.3 is 0 Å². The second-order valence-corrected chi connectivity index (χ2v) is 9.37. The van der Waals surface area contributed by atoms with E-state index in [4.69, 9.17) is 0 Å². The molecule has 1 aromatic heterocycles. The molecule has 0 radical (unpaired) electrons. The number of ketones is 1. The standard InChI is InChI=1S/C22H20BrN3OS/c23-18-9-7-15(8-10-18)14-1-3-16(4-2-14)20(27)13-28-22-25-24-21(17-5-6-17)26(22)19-11-12-19/h1-4,7-10,17,19H,5-6,11-13H2. The van der Waals surface area contributed by atoms with E-state index in [-0.39, 0.29) is 5.78 Å². The molecule has 2 fully saturated rings. The monoisotopic (exact) mass is 453 g/mol. The number of thioether (sulfide) groups is 1. The second-order valence-electron chi connectivity index (χ2n) is 7.51. The highest BCUT2D eigenvalue weighted by molar-refractivity contribution is 9.10. The maximum Gasteiger partial charge on any atom is 0.191 e. The van der Waals surface area contributed by atoms with E-state index in [1.165, 1.54) is 37.4 Å². The molecule has 28 heavy (non-hydrogen) atoms. The first kappa shape index (κ1) is 18.1. The first-order chi connectivity index (χ1) is 13.7. The Morgan fingerprint density at radius 2 is 1.61 bits per heavy atom. The summed E-state index contributed by atoms with van der Waals surface area (Å²) < 4.78 is 3.36. The van der Waals surface area contributed by atoms with Gasteiger partial charge in [0.25, 0.3) is 0 Å². The number of nitrogens with zero attached hydrogens (tertiary/aromatic N) is 3. The molecule has 0 bridgehead atoms. The van der Waals surface area contributed by atoms with Gasteiger partial charge in [0.2, 0.25) is 0 Å². The van der Waals surface area contributed by atoms with Gasteiger partial charge in [0.15, 0.2) is 10.9 Å². The Balaban J connectivity index is 1.27. The lowest BCUT2D eigenvalue weighted by atomic mass is 10.0. The fraction of sp³-hybridized carbons (Fsp3) is 0.318. The van der Waals surface area contributed by atoms with Crippen LogP contribution in [-0.2, 0) is 0 Å². The summed E-state index contributed by atoms with van der Waals surface area (Å²) in [6.07, 6.45) is 4.85. The smallest absolute Gasteiger partial charge is 0.191 e. The summed E-state index contributed by atoms with van der Waals surface area (Å²) in [7, 11) is 0. The Labute approximate surface area is 176 Å². The molecule has 0 aliphatic heterocycles. The van der Waals surface area contributed by atoms with E-state index < -0.39 is 0 Å². The lowest BCUT2D eigenvalue weighted by Gasteiger charge is -2.08. The topological polar surface area (TPSA) is 47.8 Å². The number of carbonyl (C=O) groups is 1. The molecule has 3 aromatic rings. The first-order valence-corrected chi connectivity index (χ1v) is 11.4. The Morgan fingerprint density at radius 1 is 0.964 bits per heavy atom. The lowest BCUT2D eigenvalue weighted by molar-refractivity contribution is 0.102. The molecule has 0 unspecified atom stereocenters. The number of rotatable bonds is 7. The molecular formula is C22H20BrN3OS. The zero-order valence-electron chi connectivity index (χ0n) is 15.3. The number of Topliss-reactive ketones (excluding diaryl/α,β-unsaturated/α-hetero) is 1. The van der Waals surface area contributed by atoms with Crippen LogP contribution < -0.4 is 0 Å². The average molecular weight is 454 g/mol. The van der Waals surface area contributed by atoms with Gasteiger partial charge in [0.05, 0.1) is 5.75 Å². The van der Waals surface area contributed by atoms with Crippen molar-refractivity contribution in [3.63, 3.8) is 0 Å². The lowest BCUT2D eigenvalue weighted by Crippen LogP contribution is -2.06. The van der Waals surface area contributed by atoms with E-state index in [0.29, 0.717) is 17.7 Å². The highest BCUT2D eigenvalue weighted by Crippen LogP contribution is 2.46. The third-order valence-electron chi connectivity index (χ3n) is 5.26. The fourth-order valence-electron chi connectivity index (χ4n) is 3.39. The summed E-state index contributed by atoms with van der Waals surface area (Å²) in [4.78, 5) is 12.7. The maximum atomic E-state index is 12.7. The molecule has 0 spiro atoms. The van der Waals surface area contributed by atoms with E-state index >= 15 is 0 Å². The van der Waals surface area contributed by atoms with Crippen LogP contribution in [-0.4, -0.2) is 26.3 Å². The van der Waals surface area contributed by atoms with Gasteiger partial charge in [-0.25, -0.2) is 0 Å². The van der Waals surface area contributed by atoms with Gasteiger partial charge in [-0.1, -0.05) is 64.1 Å². The van der Waals surface area contributed by atoms with Crippen LogP contribution >= 0.6 is 27.7 Å². The van der Waals surface area contributed by atoms with Crippen molar-refractivity contribution in [2.24, 2.45) is 0 Å². The molecule has 142 valence electrons. The summed E-state index contributed by atoms with van der Waals surface area (Å²) in [6.45, 7) is 0. The number of hydrogen-bond donors (Lipinski definition) is 0. The van der Waals surface area contributed by atoms with Crippen LogP contribution in [0.5, 0.6) is 0 Å². The predicted molar refractivity (Wildman–Crippen MR) is 115 cm³/mol. The minimum absolute atomic E-state index is 0.130. The van der Waals surface area contributed by atoms with Gasteiger partial charge in [-0.05, 0) is 48.9 Å². The van der Waals surface area contributed by atoms with Crippen LogP contribution in [0.25, 0.3) is 11.1 Å². The number of carbonyl (C=O) groups excluding carboxylic acids is 1. The minimum Gasteiger partial charge on any atom is -0.303 e. The summed E-state index contributed by atoms with van der Waals surface area (Å²) in [5.74, 6) is 2.25. The zero-order valence-corrected chi connectivity index (χ0v) is 17.7. The molecule has 2 aromatic carbocycles. The van der Waals surface area contributed by atoms with E-state index in [1.54, 1.807) is 0 Å². The molecule has 4 nitrogen and oxygen atoms in total. The van der Waals surface area contributed by atoms with Crippen molar-refractivity contribution < 1.29 is 4.79 Å². The minimum atomic E-state index is 0.130. The van der Waals surface area contributed by atoms with Crippen LogP contribution in [0.1, 0.15) is 53.8 Å². The van der Waals surface area contributed by atoms with Crippen LogP contribution in [0.4, 0.5) is 0 Å². The average Bonchev–Trinajstić information content (AvgIpc) is 3.65. The molecular weight excluding hydrogens is 434 g/mol. The Morgan fingerprint density at radius 3 is 2.21 bits per heavy atom. The second kappa shape index (κ2) is 7.48. The summed E-state index contributed by atoms with van der Waals surface area (Å²) in [5, 5.41) is 9.71. The van der Waals surface area contributed by atoms with Crippen LogP contribution in [0, 0.1) is 0 Å². The van der Waals surface area contributed by atoms with Crippen molar-refractivity contribution in [1.29, 1.82) is 0 Å². The molecule has 2 saturated carbocycles. The third-order valence-corrected chi connectivity index (χ3v) is 6.73. The summed E-state index contributed by atoms with van der Waals surface area (Å²) >= 11 is 4.98. The Kier molecular flexibility index (Phi) is 4.85. The maximum absolute atomic E-state index is 12.7. The largest absolute Gasteiger partial charge is 0.303 e. The van der Waals surface area contributed by atoms with Crippen molar-refractivity contribution in [3.8, 4) is 11.1 Å². The van der Waals surface area contributed by atoms with Crippen LogP contribution in [0.2, 0.25) is 0 Å². The summed E-state index contributed by atoms with van der Waals surface area (Å²) in [5.41, 5.74) is 2.99. The fourth-order valence-corrected chi connectivity index (χ4v) is 4.56. The summed E-state index contributed by atoms with van der Waals surface area (Å²) in [6, 6.07) is 16.6. The van der Waals surface area contributed by atoms with Gasteiger partial charge in [0, 0.05) is 22.0 Å². The number of halogens is 1. The SMILES string of the molecule is O=C(CSc1nnc(C2CC2)n1C1CC1)c1ccc(-c2ccc(Br)cc2)cc1. The number of benzene rings is 2. The molecule has 2 aliphatic carbocycles. The van der Waals surface area contributed by atoms with Crippen LogP contribution in [0.15, 0.2) is 58.2 Å². The number of aromatic nitrogens is 3. The Bertz CT molecular complexity index is 1010. The van der Waals surface area contributed by atoms with Crippen LogP contribution in [0.3, 0.4) is 0 Å². The molecule has 2 aliphatic rings. The normalized spacial score (nSPS) is 16.3. The molecule has 0 amide bonds. The highest BCUT2D eigenvalue weighted by atomic mass is 79.9.